The minimum absolute atomic E-state index is 0.0856. The Morgan fingerprint density at radius 3 is 2.89 bits per heavy atom. The minimum atomic E-state index is -0.0856. The lowest BCUT2D eigenvalue weighted by Gasteiger charge is -2.10. The van der Waals surface area contributed by atoms with E-state index in [1.54, 1.807) is 17.8 Å². The van der Waals surface area contributed by atoms with Crippen molar-refractivity contribution in [3.63, 3.8) is 0 Å². The quantitative estimate of drug-likeness (QED) is 0.817. The summed E-state index contributed by atoms with van der Waals surface area (Å²) in [6.45, 7) is 4.80. The zero-order valence-electron chi connectivity index (χ0n) is 11.0. The number of thioether (sulfide) groups is 1. The van der Waals surface area contributed by atoms with Gasteiger partial charge in [-0.2, -0.15) is 11.8 Å². The van der Waals surface area contributed by atoms with Crippen LogP contribution in [0.2, 0.25) is 5.15 Å². The highest BCUT2D eigenvalue weighted by Crippen LogP contribution is 2.12. The molecule has 0 aliphatic rings. The number of pyridine rings is 1. The number of carbonyl (C=O) groups is 1. The first-order chi connectivity index (χ1) is 8.56. The van der Waals surface area contributed by atoms with E-state index in [2.05, 4.69) is 24.1 Å². The summed E-state index contributed by atoms with van der Waals surface area (Å²) in [7, 11) is 0. The fourth-order valence-corrected chi connectivity index (χ4v) is 1.96. The topological polar surface area (TPSA) is 42.0 Å². The number of hydrogen-bond donors (Lipinski definition) is 1. The van der Waals surface area contributed by atoms with Crippen molar-refractivity contribution in [3.05, 3.63) is 28.5 Å². The van der Waals surface area contributed by atoms with E-state index in [0.29, 0.717) is 22.5 Å². The lowest BCUT2D eigenvalue weighted by molar-refractivity contribution is 0.0954. The van der Waals surface area contributed by atoms with Gasteiger partial charge in [-0.25, -0.2) is 4.98 Å². The summed E-state index contributed by atoms with van der Waals surface area (Å²) in [4.78, 5) is 16.2. The Balaban J connectivity index is 2.72. The van der Waals surface area contributed by atoms with Crippen LogP contribution in [0.3, 0.4) is 0 Å². The maximum Gasteiger partial charge on any atom is 0.251 e. The Hall–Kier alpha value is -0.740. The zero-order valence-corrected chi connectivity index (χ0v) is 12.6. The molecule has 0 saturated heterocycles. The normalized spacial score (nSPS) is 12.2. The van der Waals surface area contributed by atoms with Crippen molar-refractivity contribution < 1.29 is 4.79 Å². The molecule has 0 saturated carbocycles. The highest BCUT2D eigenvalue weighted by atomic mass is 35.5. The third-order valence-corrected chi connectivity index (χ3v) is 3.73. The molecule has 100 valence electrons. The summed E-state index contributed by atoms with van der Waals surface area (Å²) in [5, 5.41) is 3.68. The maximum atomic E-state index is 12.0. The first-order valence-corrected chi connectivity index (χ1v) is 7.70. The van der Waals surface area contributed by atoms with Gasteiger partial charge in [0, 0.05) is 23.1 Å². The third-order valence-electron chi connectivity index (χ3n) is 2.57. The molecule has 1 amide bonds. The molecule has 1 aromatic rings. The van der Waals surface area contributed by atoms with Crippen LogP contribution in [-0.4, -0.2) is 28.9 Å². The second-order valence-corrected chi connectivity index (χ2v) is 5.84. The molecule has 0 spiro atoms. The first kappa shape index (κ1) is 15.3. The number of nitrogens with one attached hydrogen (secondary N) is 1. The van der Waals surface area contributed by atoms with Crippen LogP contribution >= 0.6 is 23.4 Å². The molecule has 0 aromatic carbocycles. The highest BCUT2D eigenvalue weighted by molar-refractivity contribution is 7.99. The van der Waals surface area contributed by atoms with E-state index >= 15 is 0 Å². The van der Waals surface area contributed by atoms with E-state index in [0.717, 1.165) is 18.5 Å². The summed E-state index contributed by atoms with van der Waals surface area (Å²) in [5.74, 6) is -0.0856. The van der Waals surface area contributed by atoms with Gasteiger partial charge in [0.25, 0.3) is 5.91 Å². The van der Waals surface area contributed by atoms with Crippen LogP contribution in [0.15, 0.2) is 12.1 Å². The van der Waals surface area contributed by atoms with E-state index in [9.17, 15) is 4.79 Å². The van der Waals surface area contributed by atoms with E-state index in [4.69, 9.17) is 11.6 Å². The largest absolute Gasteiger partial charge is 0.351 e. The summed E-state index contributed by atoms with van der Waals surface area (Å²) < 4.78 is 0. The number of rotatable bonds is 6. The van der Waals surface area contributed by atoms with Crippen molar-refractivity contribution in [1.82, 2.24) is 10.3 Å². The van der Waals surface area contributed by atoms with Crippen molar-refractivity contribution in [2.75, 3.05) is 12.8 Å². The maximum absolute atomic E-state index is 12.0. The van der Waals surface area contributed by atoms with Crippen molar-refractivity contribution in [2.45, 2.75) is 31.9 Å². The zero-order chi connectivity index (χ0) is 13.5. The van der Waals surface area contributed by atoms with Gasteiger partial charge in [-0.1, -0.05) is 31.9 Å². The molecule has 1 unspecified atom stereocenters. The number of aryl methyl sites for hydroxylation is 1. The SMILES string of the molecule is CCCc1cc(C(=O)NCC(C)SC)cc(Cl)n1. The molecule has 1 N–H and O–H groups in total. The van der Waals surface area contributed by atoms with Gasteiger partial charge in [0.05, 0.1) is 0 Å². The van der Waals surface area contributed by atoms with Gasteiger partial charge in [0.1, 0.15) is 5.15 Å². The molecule has 0 radical (unpaired) electrons. The van der Waals surface area contributed by atoms with E-state index in [-0.39, 0.29) is 5.91 Å². The Bertz CT molecular complexity index is 412. The minimum Gasteiger partial charge on any atom is -0.351 e. The molecule has 1 aromatic heterocycles. The van der Waals surface area contributed by atoms with E-state index in [1.165, 1.54) is 0 Å². The second-order valence-electron chi connectivity index (χ2n) is 4.18. The fraction of sp³-hybridized carbons (Fsp3) is 0.538. The fourth-order valence-electron chi connectivity index (χ4n) is 1.49. The Kier molecular flexibility index (Phi) is 6.50. The Morgan fingerprint density at radius 2 is 2.28 bits per heavy atom. The van der Waals surface area contributed by atoms with Gasteiger partial charge >= 0.3 is 0 Å². The van der Waals surface area contributed by atoms with Crippen LogP contribution < -0.4 is 5.32 Å². The molecular weight excluding hydrogens is 268 g/mol. The second kappa shape index (κ2) is 7.64. The number of aromatic nitrogens is 1. The molecule has 5 heteroatoms. The number of halogens is 1. The number of carbonyl (C=O) groups excluding carboxylic acids is 1. The van der Waals surface area contributed by atoms with Crippen molar-refractivity contribution in [3.8, 4) is 0 Å². The lowest BCUT2D eigenvalue weighted by Crippen LogP contribution is -2.29. The Morgan fingerprint density at radius 1 is 1.56 bits per heavy atom. The summed E-state index contributed by atoms with van der Waals surface area (Å²) in [6.07, 6.45) is 3.85. The standard InChI is InChI=1S/C13H19ClN2OS/c1-4-5-11-6-10(7-12(14)16-11)13(17)15-8-9(2)18-3/h6-7,9H,4-5,8H2,1-3H3,(H,15,17). The highest BCUT2D eigenvalue weighted by Gasteiger charge is 2.10. The average Bonchev–Trinajstić information content (AvgIpc) is 2.35. The Labute approximate surface area is 118 Å². The first-order valence-electron chi connectivity index (χ1n) is 6.04. The van der Waals surface area contributed by atoms with Crippen LogP contribution in [0.1, 0.15) is 36.3 Å². The van der Waals surface area contributed by atoms with Crippen LogP contribution in [0, 0.1) is 0 Å². The average molecular weight is 287 g/mol. The van der Waals surface area contributed by atoms with Gasteiger partial charge in [-0.15, -0.1) is 0 Å². The molecule has 0 bridgehead atoms. The van der Waals surface area contributed by atoms with Gasteiger partial charge < -0.3 is 5.32 Å². The van der Waals surface area contributed by atoms with Crippen molar-refractivity contribution >= 4 is 29.3 Å². The molecule has 1 heterocycles. The molecule has 0 aliphatic heterocycles. The summed E-state index contributed by atoms with van der Waals surface area (Å²) >= 11 is 7.65. The number of amides is 1. The number of hydrogen-bond acceptors (Lipinski definition) is 3. The van der Waals surface area contributed by atoms with Crippen LogP contribution in [0.25, 0.3) is 0 Å². The van der Waals surface area contributed by atoms with Crippen LogP contribution in [0.5, 0.6) is 0 Å². The number of nitrogens with zero attached hydrogens (tertiary/aromatic N) is 1. The smallest absolute Gasteiger partial charge is 0.251 e. The van der Waals surface area contributed by atoms with Crippen LogP contribution in [-0.2, 0) is 6.42 Å². The van der Waals surface area contributed by atoms with E-state index < -0.39 is 0 Å². The molecule has 1 rings (SSSR count). The lowest BCUT2D eigenvalue weighted by atomic mass is 10.1. The summed E-state index contributed by atoms with van der Waals surface area (Å²) in [5.41, 5.74) is 1.46. The predicted molar refractivity (Wildman–Crippen MR) is 78.6 cm³/mol. The molecule has 18 heavy (non-hydrogen) atoms. The van der Waals surface area contributed by atoms with Gasteiger partial charge in [0.2, 0.25) is 0 Å². The summed E-state index contributed by atoms with van der Waals surface area (Å²) in [6, 6.07) is 3.42. The molecule has 0 aliphatic carbocycles. The molecule has 3 nitrogen and oxygen atoms in total. The molecule has 0 fully saturated rings. The van der Waals surface area contributed by atoms with Gasteiger partial charge in [-0.3, -0.25) is 4.79 Å². The van der Waals surface area contributed by atoms with Crippen molar-refractivity contribution in [2.24, 2.45) is 0 Å². The van der Waals surface area contributed by atoms with Gasteiger partial charge in [-0.05, 0) is 24.8 Å². The monoisotopic (exact) mass is 286 g/mol. The molecular formula is C13H19ClN2OS. The van der Waals surface area contributed by atoms with Crippen molar-refractivity contribution in [1.29, 1.82) is 0 Å². The third kappa shape index (κ3) is 4.86. The molecule has 1 atom stereocenters. The van der Waals surface area contributed by atoms with E-state index in [1.807, 2.05) is 12.3 Å². The van der Waals surface area contributed by atoms with Crippen LogP contribution in [0.4, 0.5) is 0 Å². The van der Waals surface area contributed by atoms with Gasteiger partial charge in [0.15, 0.2) is 0 Å². The predicted octanol–water partition coefficient (Wildman–Crippen LogP) is 3.17.